The first kappa shape index (κ1) is 13.9. The SMILES string of the molecule is CCNC(Cc1cc(OC)ccc1Br)CC1CC1. The average molecular weight is 312 g/mol. The van der Waals surface area contributed by atoms with E-state index in [1.807, 2.05) is 6.07 Å². The molecule has 0 aromatic heterocycles. The van der Waals surface area contributed by atoms with Crippen molar-refractivity contribution in [1.82, 2.24) is 5.32 Å². The first-order valence-corrected chi connectivity index (χ1v) is 7.58. The van der Waals surface area contributed by atoms with Crippen LogP contribution in [0.2, 0.25) is 0 Å². The second kappa shape index (κ2) is 6.58. The monoisotopic (exact) mass is 311 g/mol. The Morgan fingerprint density at radius 2 is 2.22 bits per heavy atom. The van der Waals surface area contributed by atoms with E-state index in [1.165, 1.54) is 29.3 Å². The van der Waals surface area contributed by atoms with Gasteiger partial charge in [0, 0.05) is 10.5 Å². The molecular weight excluding hydrogens is 290 g/mol. The van der Waals surface area contributed by atoms with Crippen molar-refractivity contribution in [3.63, 3.8) is 0 Å². The van der Waals surface area contributed by atoms with Crippen molar-refractivity contribution in [3.05, 3.63) is 28.2 Å². The van der Waals surface area contributed by atoms with Gasteiger partial charge in [0.05, 0.1) is 7.11 Å². The lowest BCUT2D eigenvalue weighted by molar-refractivity contribution is 0.413. The molecule has 1 aliphatic carbocycles. The Bertz CT molecular complexity index is 390. The van der Waals surface area contributed by atoms with Gasteiger partial charge in [-0.25, -0.2) is 0 Å². The molecule has 0 aliphatic heterocycles. The molecule has 1 N–H and O–H groups in total. The summed E-state index contributed by atoms with van der Waals surface area (Å²) in [5, 5.41) is 3.61. The summed E-state index contributed by atoms with van der Waals surface area (Å²) in [5.74, 6) is 1.90. The summed E-state index contributed by atoms with van der Waals surface area (Å²) in [4.78, 5) is 0. The van der Waals surface area contributed by atoms with E-state index >= 15 is 0 Å². The number of benzene rings is 1. The first-order chi connectivity index (χ1) is 8.72. The van der Waals surface area contributed by atoms with E-state index in [-0.39, 0.29) is 0 Å². The third-order valence-electron chi connectivity index (χ3n) is 3.53. The molecule has 1 aromatic carbocycles. The zero-order chi connectivity index (χ0) is 13.0. The standard InChI is InChI=1S/C15H22BrNO/c1-3-17-13(8-11-4-5-11)9-12-10-14(18-2)6-7-15(12)16/h6-7,10-11,13,17H,3-5,8-9H2,1-2H3. The smallest absolute Gasteiger partial charge is 0.119 e. The fourth-order valence-electron chi connectivity index (χ4n) is 2.38. The molecule has 1 unspecified atom stereocenters. The molecule has 2 nitrogen and oxygen atoms in total. The van der Waals surface area contributed by atoms with Gasteiger partial charge in [0.25, 0.3) is 0 Å². The summed E-state index contributed by atoms with van der Waals surface area (Å²) < 4.78 is 6.49. The molecule has 0 amide bonds. The number of halogens is 1. The van der Waals surface area contributed by atoms with Crippen LogP contribution in [-0.4, -0.2) is 19.7 Å². The molecule has 3 heteroatoms. The van der Waals surface area contributed by atoms with Crippen molar-refractivity contribution in [2.45, 2.75) is 38.6 Å². The second-order valence-electron chi connectivity index (χ2n) is 5.10. The number of nitrogens with one attached hydrogen (secondary N) is 1. The van der Waals surface area contributed by atoms with Gasteiger partial charge >= 0.3 is 0 Å². The molecule has 0 radical (unpaired) electrons. The van der Waals surface area contributed by atoms with Crippen LogP contribution < -0.4 is 10.1 Å². The highest BCUT2D eigenvalue weighted by Gasteiger charge is 2.25. The topological polar surface area (TPSA) is 21.3 Å². The summed E-state index contributed by atoms with van der Waals surface area (Å²) in [6.45, 7) is 3.22. The molecule has 2 rings (SSSR count). The van der Waals surface area contributed by atoms with Gasteiger partial charge in [-0.2, -0.15) is 0 Å². The fourth-order valence-corrected chi connectivity index (χ4v) is 2.79. The maximum Gasteiger partial charge on any atom is 0.119 e. The van der Waals surface area contributed by atoms with E-state index in [1.54, 1.807) is 7.11 Å². The van der Waals surface area contributed by atoms with Crippen LogP contribution in [0.1, 0.15) is 31.7 Å². The second-order valence-corrected chi connectivity index (χ2v) is 5.95. The van der Waals surface area contributed by atoms with E-state index in [2.05, 4.69) is 40.3 Å². The van der Waals surface area contributed by atoms with E-state index in [9.17, 15) is 0 Å². The van der Waals surface area contributed by atoms with E-state index in [4.69, 9.17) is 4.74 Å². The van der Waals surface area contributed by atoms with Crippen molar-refractivity contribution in [3.8, 4) is 5.75 Å². The van der Waals surface area contributed by atoms with E-state index < -0.39 is 0 Å². The van der Waals surface area contributed by atoms with Gasteiger partial charge in [-0.1, -0.05) is 35.7 Å². The number of ether oxygens (including phenoxy) is 1. The lowest BCUT2D eigenvalue weighted by Crippen LogP contribution is -2.31. The first-order valence-electron chi connectivity index (χ1n) is 6.78. The van der Waals surface area contributed by atoms with Crippen LogP contribution in [-0.2, 0) is 6.42 Å². The minimum absolute atomic E-state index is 0.589. The lowest BCUT2D eigenvalue weighted by Gasteiger charge is -2.19. The summed E-state index contributed by atoms with van der Waals surface area (Å²) in [5.41, 5.74) is 1.33. The maximum atomic E-state index is 5.30. The zero-order valence-corrected chi connectivity index (χ0v) is 12.8. The Labute approximate surface area is 118 Å². The van der Waals surface area contributed by atoms with Crippen molar-refractivity contribution >= 4 is 15.9 Å². The van der Waals surface area contributed by atoms with Gasteiger partial charge in [-0.3, -0.25) is 0 Å². The summed E-state index contributed by atoms with van der Waals surface area (Å²) in [7, 11) is 1.72. The quantitative estimate of drug-likeness (QED) is 0.827. The number of hydrogen-bond donors (Lipinski definition) is 1. The highest BCUT2D eigenvalue weighted by Crippen LogP contribution is 2.34. The molecular formula is C15H22BrNO. The van der Waals surface area contributed by atoms with Gasteiger partial charge in [0.15, 0.2) is 0 Å². The normalized spacial score (nSPS) is 16.6. The minimum atomic E-state index is 0.589. The maximum absolute atomic E-state index is 5.30. The molecule has 1 aromatic rings. The van der Waals surface area contributed by atoms with Crippen LogP contribution >= 0.6 is 15.9 Å². The minimum Gasteiger partial charge on any atom is -0.497 e. The molecule has 0 bridgehead atoms. The molecule has 0 saturated heterocycles. The zero-order valence-electron chi connectivity index (χ0n) is 11.2. The van der Waals surface area contributed by atoms with Crippen molar-refractivity contribution in [2.24, 2.45) is 5.92 Å². The Morgan fingerprint density at radius 3 is 2.83 bits per heavy atom. The molecule has 1 atom stereocenters. The predicted octanol–water partition coefficient (Wildman–Crippen LogP) is 3.78. The van der Waals surface area contributed by atoms with Crippen molar-refractivity contribution < 1.29 is 4.74 Å². The van der Waals surface area contributed by atoms with Crippen LogP contribution in [0.25, 0.3) is 0 Å². The average Bonchev–Trinajstić information content (AvgIpc) is 3.16. The van der Waals surface area contributed by atoms with Crippen LogP contribution in [0.15, 0.2) is 22.7 Å². The van der Waals surface area contributed by atoms with Crippen LogP contribution in [0, 0.1) is 5.92 Å². The Hall–Kier alpha value is -0.540. The molecule has 0 heterocycles. The molecule has 1 fully saturated rings. The largest absolute Gasteiger partial charge is 0.497 e. The van der Waals surface area contributed by atoms with Crippen LogP contribution in [0.4, 0.5) is 0 Å². The van der Waals surface area contributed by atoms with Crippen molar-refractivity contribution in [1.29, 1.82) is 0 Å². The third kappa shape index (κ3) is 3.99. The van der Waals surface area contributed by atoms with Gasteiger partial charge in [0.2, 0.25) is 0 Å². The summed E-state index contributed by atoms with van der Waals surface area (Å²) in [6.07, 6.45) is 5.21. The summed E-state index contributed by atoms with van der Waals surface area (Å²) in [6, 6.07) is 6.80. The predicted molar refractivity (Wildman–Crippen MR) is 79.2 cm³/mol. The number of likely N-dealkylation sites (N-methyl/N-ethyl adjacent to an activating group) is 1. The summed E-state index contributed by atoms with van der Waals surface area (Å²) >= 11 is 3.64. The lowest BCUT2D eigenvalue weighted by atomic mass is 10.0. The van der Waals surface area contributed by atoms with E-state index in [0.717, 1.165) is 24.6 Å². The van der Waals surface area contributed by atoms with Crippen molar-refractivity contribution in [2.75, 3.05) is 13.7 Å². The molecule has 18 heavy (non-hydrogen) atoms. The van der Waals surface area contributed by atoms with Crippen LogP contribution in [0.5, 0.6) is 5.75 Å². The van der Waals surface area contributed by atoms with Gasteiger partial charge < -0.3 is 10.1 Å². The molecule has 1 aliphatic rings. The third-order valence-corrected chi connectivity index (χ3v) is 4.30. The van der Waals surface area contributed by atoms with Crippen LogP contribution in [0.3, 0.4) is 0 Å². The Kier molecular flexibility index (Phi) is 5.07. The Balaban J connectivity index is 2.03. The molecule has 1 saturated carbocycles. The Morgan fingerprint density at radius 1 is 1.44 bits per heavy atom. The van der Waals surface area contributed by atoms with E-state index in [0.29, 0.717) is 6.04 Å². The fraction of sp³-hybridized carbons (Fsp3) is 0.600. The molecule has 100 valence electrons. The van der Waals surface area contributed by atoms with Gasteiger partial charge in [0.1, 0.15) is 5.75 Å². The van der Waals surface area contributed by atoms with Gasteiger partial charge in [-0.15, -0.1) is 0 Å². The number of methoxy groups -OCH3 is 1. The number of rotatable bonds is 7. The van der Waals surface area contributed by atoms with Gasteiger partial charge in [-0.05, 0) is 49.1 Å². The molecule has 0 spiro atoms. The highest BCUT2D eigenvalue weighted by molar-refractivity contribution is 9.10. The number of hydrogen-bond acceptors (Lipinski definition) is 2. The highest BCUT2D eigenvalue weighted by atomic mass is 79.9.